The van der Waals surface area contributed by atoms with Crippen LogP contribution in [0.1, 0.15) is 0 Å². The van der Waals surface area contributed by atoms with E-state index in [0.29, 0.717) is 0 Å². The lowest BCUT2D eigenvalue weighted by Gasteiger charge is -2.30. The largest absolute Gasteiger partial charge is 0.455 e. The fourth-order valence-corrected chi connectivity index (χ4v) is 8.64. The quantitative estimate of drug-likeness (QED) is 0.168. The van der Waals surface area contributed by atoms with E-state index in [4.69, 9.17) is 4.42 Å². The highest BCUT2D eigenvalue weighted by molar-refractivity contribution is 6.22. The van der Waals surface area contributed by atoms with Gasteiger partial charge in [-0.25, -0.2) is 0 Å². The first-order valence-electron chi connectivity index (χ1n) is 18.5. The maximum Gasteiger partial charge on any atom is 0.145 e. The molecule has 54 heavy (non-hydrogen) atoms. The summed E-state index contributed by atoms with van der Waals surface area (Å²) in [4.78, 5) is 2.49. The van der Waals surface area contributed by atoms with Crippen molar-refractivity contribution in [3.8, 4) is 22.3 Å². The second-order valence-electron chi connectivity index (χ2n) is 14.0. The number of hydrogen-bond acceptors (Lipinski definition) is 2. The summed E-state index contributed by atoms with van der Waals surface area (Å²) in [5.41, 5.74) is 9.69. The van der Waals surface area contributed by atoms with E-state index in [1.54, 1.807) is 0 Å². The van der Waals surface area contributed by atoms with E-state index in [1.165, 1.54) is 54.2 Å². The molecule has 252 valence electrons. The predicted molar refractivity (Wildman–Crippen MR) is 229 cm³/mol. The summed E-state index contributed by atoms with van der Waals surface area (Å²) in [5.74, 6) is 0. The zero-order valence-electron chi connectivity index (χ0n) is 29.4. The maximum atomic E-state index is 6.94. The summed E-state index contributed by atoms with van der Waals surface area (Å²) in [6.45, 7) is 0. The van der Waals surface area contributed by atoms with Crippen LogP contribution in [0.5, 0.6) is 0 Å². The summed E-state index contributed by atoms with van der Waals surface area (Å²) >= 11 is 0. The fraction of sp³-hybridized carbons (Fsp3) is 0. The Kier molecular flexibility index (Phi) is 6.90. The Labute approximate surface area is 312 Å². The fourth-order valence-electron chi connectivity index (χ4n) is 8.64. The number of rotatable bonds is 5. The average molecular weight is 688 g/mol. The zero-order chi connectivity index (χ0) is 35.6. The van der Waals surface area contributed by atoms with Crippen molar-refractivity contribution in [3.63, 3.8) is 0 Å². The van der Waals surface area contributed by atoms with Crippen LogP contribution < -0.4 is 4.90 Å². The van der Waals surface area contributed by atoms with E-state index >= 15 is 0 Å². The minimum Gasteiger partial charge on any atom is -0.455 e. The Bertz CT molecular complexity index is 3220. The van der Waals surface area contributed by atoms with Crippen molar-refractivity contribution in [3.05, 3.63) is 200 Å². The molecule has 11 rings (SSSR count). The summed E-state index contributed by atoms with van der Waals surface area (Å²) in [6, 6.07) is 72.2. The number of hydrogen-bond donors (Lipinski definition) is 0. The standard InChI is InChI=1S/C52H33NO/c1-2-14-34(15-3-1)39-23-12-26-43-41(39)25-13-27-46(43)53(47-28-11-19-37-31-30-36-17-5-7-21-40(36)50(37)47)48-33-32-44(42-24-10-18-35-16-4-6-20-38(35)42)52-51(48)45-22-8-9-29-49(45)54-52/h1-33H. The number of furan rings is 1. The number of fused-ring (bicyclic) bond motifs is 8. The van der Waals surface area contributed by atoms with Crippen LogP contribution in [0.4, 0.5) is 17.1 Å². The van der Waals surface area contributed by atoms with Crippen LogP contribution in [0.2, 0.25) is 0 Å². The van der Waals surface area contributed by atoms with Gasteiger partial charge in [0.25, 0.3) is 0 Å². The zero-order valence-corrected chi connectivity index (χ0v) is 29.4. The molecule has 10 aromatic carbocycles. The topological polar surface area (TPSA) is 16.4 Å². The van der Waals surface area contributed by atoms with Gasteiger partial charge >= 0.3 is 0 Å². The molecule has 0 amide bonds. The number of para-hydroxylation sites is 1. The van der Waals surface area contributed by atoms with Gasteiger partial charge in [-0.2, -0.15) is 0 Å². The minimum atomic E-state index is 0.869. The SMILES string of the molecule is c1ccc(-c2cccc3c(N(c4cccc5ccc6ccccc6c45)c4ccc(-c5cccc6ccccc56)c5oc6ccccc6c45)cccc23)cc1. The van der Waals surface area contributed by atoms with Gasteiger partial charge in [0.2, 0.25) is 0 Å². The molecular weight excluding hydrogens is 655 g/mol. The van der Waals surface area contributed by atoms with Crippen molar-refractivity contribution in [2.24, 2.45) is 0 Å². The lowest BCUT2D eigenvalue weighted by Crippen LogP contribution is -2.12. The first-order valence-corrected chi connectivity index (χ1v) is 18.5. The molecule has 0 saturated heterocycles. The molecule has 0 bridgehead atoms. The van der Waals surface area contributed by atoms with Gasteiger partial charge < -0.3 is 9.32 Å². The van der Waals surface area contributed by atoms with Gasteiger partial charge in [0.05, 0.1) is 22.4 Å². The van der Waals surface area contributed by atoms with Crippen molar-refractivity contribution < 1.29 is 4.42 Å². The van der Waals surface area contributed by atoms with E-state index in [9.17, 15) is 0 Å². The Balaban J connectivity index is 1.29. The molecule has 1 heterocycles. The van der Waals surface area contributed by atoms with Crippen molar-refractivity contribution in [2.45, 2.75) is 0 Å². The van der Waals surface area contributed by atoms with E-state index in [2.05, 4.69) is 205 Å². The highest BCUT2D eigenvalue weighted by Gasteiger charge is 2.25. The number of benzene rings is 10. The van der Waals surface area contributed by atoms with Crippen molar-refractivity contribution >= 4 is 82.1 Å². The second kappa shape index (κ2) is 12.2. The third kappa shape index (κ3) is 4.67. The van der Waals surface area contributed by atoms with Crippen LogP contribution in [-0.2, 0) is 0 Å². The van der Waals surface area contributed by atoms with E-state index in [0.717, 1.165) is 50.1 Å². The van der Waals surface area contributed by atoms with Crippen LogP contribution in [-0.4, -0.2) is 0 Å². The lowest BCUT2D eigenvalue weighted by atomic mass is 9.94. The van der Waals surface area contributed by atoms with Gasteiger partial charge in [-0.1, -0.05) is 170 Å². The van der Waals surface area contributed by atoms with Crippen LogP contribution >= 0.6 is 0 Å². The predicted octanol–water partition coefficient (Wildman–Crippen LogP) is 15.0. The molecule has 0 aliphatic rings. The van der Waals surface area contributed by atoms with E-state index in [1.807, 2.05) is 0 Å². The van der Waals surface area contributed by atoms with E-state index in [-0.39, 0.29) is 0 Å². The normalized spacial score (nSPS) is 11.7. The van der Waals surface area contributed by atoms with Gasteiger partial charge in [-0.3, -0.25) is 0 Å². The second-order valence-corrected chi connectivity index (χ2v) is 14.0. The van der Waals surface area contributed by atoms with Gasteiger partial charge in [-0.15, -0.1) is 0 Å². The first kappa shape index (κ1) is 30.5. The smallest absolute Gasteiger partial charge is 0.145 e. The molecular formula is C52H33NO. The molecule has 11 aromatic rings. The van der Waals surface area contributed by atoms with Crippen LogP contribution in [0.15, 0.2) is 205 Å². The van der Waals surface area contributed by atoms with Gasteiger partial charge in [-0.05, 0) is 79.3 Å². The van der Waals surface area contributed by atoms with E-state index < -0.39 is 0 Å². The van der Waals surface area contributed by atoms with Crippen molar-refractivity contribution in [1.82, 2.24) is 0 Å². The molecule has 0 N–H and O–H groups in total. The third-order valence-electron chi connectivity index (χ3n) is 11.0. The summed E-state index contributed by atoms with van der Waals surface area (Å²) in [6.07, 6.45) is 0. The summed E-state index contributed by atoms with van der Waals surface area (Å²) in [7, 11) is 0. The Morgan fingerprint density at radius 1 is 0.296 bits per heavy atom. The lowest BCUT2D eigenvalue weighted by molar-refractivity contribution is 0.670. The Morgan fingerprint density at radius 3 is 1.76 bits per heavy atom. The Morgan fingerprint density at radius 2 is 0.870 bits per heavy atom. The number of anilines is 3. The molecule has 0 radical (unpaired) electrons. The van der Waals surface area contributed by atoms with Crippen LogP contribution in [0.3, 0.4) is 0 Å². The van der Waals surface area contributed by atoms with Crippen molar-refractivity contribution in [2.75, 3.05) is 4.90 Å². The molecule has 0 aliphatic carbocycles. The number of nitrogens with zero attached hydrogens (tertiary/aromatic N) is 1. The monoisotopic (exact) mass is 687 g/mol. The highest BCUT2D eigenvalue weighted by atomic mass is 16.3. The molecule has 2 heteroatoms. The van der Waals surface area contributed by atoms with Gasteiger partial charge in [0.15, 0.2) is 0 Å². The molecule has 1 aromatic heterocycles. The first-order chi connectivity index (χ1) is 26.8. The molecule has 0 fully saturated rings. The molecule has 0 atom stereocenters. The summed E-state index contributed by atoms with van der Waals surface area (Å²) in [5, 5.41) is 11.8. The third-order valence-corrected chi connectivity index (χ3v) is 11.0. The van der Waals surface area contributed by atoms with Crippen molar-refractivity contribution in [1.29, 1.82) is 0 Å². The summed E-state index contributed by atoms with van der Waals surface area (Å²) < 4.78 is 6.94. The molecule has 2 nitrogen and oxygen atoms in total. The highest BCUT2D eigenvalue weighted by Crippen LogP contribution is 2.50. The van der Waals surface area contributed by atoms with Gasteiger partial charge in [0, 0.05) is 21.7 Å². The Hall–Kier alpha value is -7.16. The minimum absolute atomic E-state index is 0.869. The van der Waals surface area contributed by atoms with Crippen LogP contribution in [0, 0.1) is 0 Å². The molecule has 0 unspecified atom stereocenters. The molecule has 0 saturated carbocycles. The van der Waals surface area contributed by atoms with Crippen LogP contribution in [0.25, 0.3) is 87.3 Å². The maximum absolute atomic E-state index is 6.94. The molecule has 0 aliphatic heterocycles. The molecule has 0 spiro atoms. The van der Waals surface area contributed by atoms with Gasteiger partial charge in [0.1, 0.15) is 11.2 Å². The average Bonchev–Trinajstić information content (AvgIpc) is 3.64.